The molecular weight excluding hydrogens is 408 g/mol. The minimum atomic E-state index is -1.04. The molecule has 0 amide bonds. The number of hydrogen-bond acceptors (Lipinski definition) is 6. The summed E-state index contributed by atoms with van der Waals surface area (Å²) in [6.07, 6.45) is 0.567. The number of aromatic amines is 1. The molecule has 1 N–H and O–H groups in total. The molecule has 3 rings (SSSR count). The molecule has 32 heavy (non-hydrogen) atoms. The van der Waals surface area contributed by atoms with Gasteiger partial charge in [0.1, 0.15) is 0 Å². The Hall–Kier alpha value is -3.29. The van der Waals surface area contributed by atoms with E-state index in [0.29, 0.717) is 33.4 Å². The Kier molecular flexibility index (Phi) is 6.34. The van der Waals surface area contributed by atoms with E-state index in [4.69, 9.17) is 9.72 Å². The highest BCUT2D eigenvalue weighted by molar-refractivity contribution is 6.07. The van der Waals surface area contributed by atoms with Crippen molar-refractivity contribution >= 4 is 28.6 Å². The molecule has 0 fully saturated rings. The Bertz CT molecular complexity index is 1220. The fraction of sp³-hybridized carbons (Fsp3) is 0.458. The van der Waals surface area contributed by atoms with E-state index < -0.39 is 17.9 Å². The number of esters is 1. The van der Waals surface area contributed by atoms with E-state index in [1.807, 2.05) is 27.7 Å². The van der Waals surface area contributed by atoms with Gasteiger partial charge in [-0.2, -0.15) is 5.10 Å². The number of Topliss-reactive ketones (excluding diaryl/α,β-unsaturated/α-hetero) is 2. The van der Waals surface area contributed by atoms with E-state index in [9.17, 15) is 14.4 Å². The average Bonchev–Trinajstić information content (AvgIpc) is 3.26. The lowest BCUT2D eigenvalue weighted by Gasteiger charge is -2.15. The van der Waals surface area contributed by atoms with Gasteiger partial charge in [0.2, 0.25) is 5.78 Å². The quantitative estimate of drug-likeness (QED) is 0.423. The zero-order valence-electron chi connectivity index (χ0n) is 19.9. The minimum absolute atomic E-state index is 0.0707. The molecule has 0 spiro atoms. The van der Waals surface area contributed by atoms with Gasteiger partial charge in [0.25, 0.3) is 0 Å². The van der Waals surface area contributed by atoms with Gasteiger partial charge >= 0.3 is 5.97 Å². The lowest BCUT2D eigenvalue weighted by Crippen LogP contribution is -2.25. The van der Waals surface area contributed by atoms with Gasteiger partial charge in [-0.15, -0.1) is 0 Å². The maximum absolute atomic E-state index is 13.1. The van der Waals surface area contributed by atoms with Crippen LogP contribution in [0.1, 0.15) is 102 Å². The number of hydrogen-bond donors (Lipinski definition) is 1. The number of nitrogens with one attached hydrogen (secondary N) is 1. The van der Waals surface area contributed by atoms with E-state index in [0.717, 1.165) is 5.69 Å². The fourth-order valence-electron chi connectivity index (χ4n) is 3.89. The number of pyridine rings is 1. The van der Waals surface area contributed by atoms with Crippen LogP contribution in [0.3, 0.4) is 0 Å². The van der Waals surface area contributed by atoms with Gasteiger partial charge in [0.05, 0.1) is 22.8 Å². The van der Waals surface area contributed by atoms with Gasteiger partial charge in [0.15, 0.2) is 17.5 Å². The number of nitrogens with zero attached hydrogens (tertiary/aromatic N) is 3. The van der Waals surface area contributed by atoms with E-state index in [1.54, 1.807) is 30.8 Å². The molecule has 0 aromatic carbocycles. The summed E-state index contributed by atoms with van der Waals surface area (Å²) >= 11 is 0. The van der Waals surface area contributed by atoms with Crippen LogP contribution in [0, 0.1) is 13.8 Å². The molecule has 3 heterocycles. The molecule has 0 aliphatic carbocycles. The van der Waals surface area contributed by atoms with Crippen molar-refractivity contribution < 1.29 is 19.1 Å². The van der Waals surface area contributed by atoms with E-state index >= 15 is 0 Å². The SMILES string of the molecule is CC(=O)c1c(C)[nH]c(C(=O)[C@@H](C)OC(=O)c2cc(C(C)C)nc3c2cnn3C(C)C)c1C. The first-order valence-electron chi connectivity index (χ1n) is 10.8. The summed E-state index contributed by atoms with van der Waals surface area (Å²) in [5.41, 5.74) is 3.64. The topological polar surface area (TPSA) is 107 Å². The van der Waals surface area contributed by atoms with Crippen LogP contribution >= 0.6 is 0 Å². The molecule has 3 aromatic rings. The van der Waals surface area contributed by atoms with Crippen molar-refractivity contribution in [3.8, 4) is 0 Å². The lowest BCUT2D eigenvalue weighted by atomic mass is 10.0. The summed E-state index contributed by atoms with van der Waals surface area (Å²) in [5, 5.41) is 4.97. The maximum Gasteiger partial charge on any atom is 0.339 e. The van der Waals surface area contributed by atoms with Crippen LogP contribution < -0.4 is 0 Å². The number of rotatable bonds is 7. The molecule has 0 radical (unpaired) electrons. The molecule has 170 valence electrons. The predicted octanol–water partition coefficient (Wildman–Crippen LogP) is 4.71. The maximum atomic E-state index is 13.1. The number of aryl methyl sites for hydroxylation is 1. The molecule has 1 atom stereocenters. The summed E-state index contributed by atoms with van der Waals surface area (Å²) < 4.78 is 7.34. The molecular formula is C24H30N4O4. The van der Waals surface area contributed by atoms with Gasteiger partial charge in [-0.25, -0.2) is 14.5 Å². The smallest absolute Gasteiger partial charge is 0.339 e. The van der Waals surface area contributed by atoms with Gasteiger partial charge in [-0.3, -0.25) is 9.59 Å². The monoisotopic (exact) mass is 438 g/mol. The number of aromatic nitrogens is 4. The Morgan fingerprint density at radius 2 is 1.75 bits per heavy atom. The van der Waals surface area contributed by atoms with Crippen molar-refractivity contribution in [1.82, 2.24) is 19.7 Å². The van der Waals surface area contributed by atoms with Gasteiger partial charge in [0, 0.05) is 23.0 Å². The van der Waals surface area contributed by atoms with Crippen LogP contribution in [0.15, 0.2) is 12.3 Å². The molecule has 0 aliphatic rings. The Balaban J connectivity index is 1.96. The first-order chi connectivity index (χ1) is 14.9. The Morgan fingerprint density at radius 3 is 2.28 bits per heavy atom. The van der Waals surface area contributed by atoms with Crippen LogP contribution in [0.25, 0.3) is 11.0 Å². The van der Waals surface area contributed by atoms with Crippen LogP contribution in [-0.2, 0) is 4.74 Å². The lowest BCUT2D eigenvalue weighted by molar-refractivity contribution is 0.0318. The predicted molar refractivity (Wildman–Crippen MR) is 121 cm³/mol. The second-order valence-electron chi connectivity index (χ2n) is 8.76. The Morgan fingerprint density at radius 1 is 1.09 bits per heavy atom. The average molecular weight is 439 g/mol. The third-order valence-electron chi connectivity index (χ3n) is 5.58. The normalized spacial score (nSPS) is 12.6. The third kappa shape index (κ3) is 4.09. The van der Waals surface area contributed by atoms with Crippen molar-refractivity contribution in [2.45, 2.75) is 73.5 Å². The van der Waals surface area contributed by atoms with Crippen LogP contribution in [0.2, 0.25) is 0 Å². The van der Waals surface area contributed by atoms with E-state index in [-0.39, 0.29) is 23.4 Å². The van der Waals surface area contributed by atoms with Crippen LogP contribution in [0.5, 0.6) is 0 Å². The number of carbonyl (C=O) groups is 3. The molecule has 0 bridgehead atoms. The van der Waals surface area contributed by atoms with Crippen molar-refractivity contribution in [2.75, 3.05) is 0 Å². The standard InChI is InChI=1S/C24H30N4O4/c1-11(2)19-9-17(18-10-25-28(12(3)4)23(18)27-19)24(31)32-16(8)22(30)21-13(5)20(15(7)29)14(6)26-21/h9-12,16,26H,1-8H3/t16-/m1/s1. The molecule has 8 nitrogen and oxygen atoms in total. The molecule has 3 aromatic heterocycles. The summed E-state index contributed by atoms with van der Waals surface area (Å²) in [7, 11) is 0. The van der Waals surface area contributed by atoms with Gasteiger partial charge < -0.3 is 9.72 Å². The minimum Gasteiger partial charge on any atom is -0.451 e. The molecule has 0 saturated carbocycles. The number of fused-ring (bicyclic) bond motifs is 1. The molecule has 0 unspecified atom stereocenters. The zero-order chi connectivity index (χ0) is 23.9. The molecule has 0 saturated heterocycles. The molecule has 0 aliphatic heterocycles. The number of H-pyrrole nitrogens is 1. The highest BCUT2D eigenvalue weighted by atomic mass is 16.5. The van der Waals surface area contributed by atoms with E-state index in [2.05, 4.69) is 10.1 Å². The first kappa shape index (κ1) is 23.4. The first-order valence-corrected chi connectivity index (χ1v) is 10.8. The number of carbonyl (C=O) groups excluding carboxylic acids is 3. The number of ether oxygens (including phenoxy) is 1. The second-order valence-corrected chi connectivity index (χ2v) is 8.76. The van der Waals surface area contributed by atoms with Crippen LogP contribution in [0.4, 0.5) is 0 Å². The summed E-state index contributed by atoms with van der Waals surface area (Å²) in [6, 6.07) is 1.78. The van der Waals surface area contributed by atoms with Crippen molar-refractivity contribution in [1.29, 1.82) is 0 Å². The third-order valence-corrected chi connectivity index (χ3v) is 5.58. The van der Waals surface area contributed by atoms with Gasteiger partial charge in [-0.1, -0.05) is 13.8 Å². The fourth-order valence-corrected chi connectivity index (χ4v) is 3.89. The zero-order valence-corrected chi connectivity index (χ0v) is 19.9. The van der Waals surface area contributed by atoms with Crippen LogP contribution in [-0.4, -0.2) is 43.4 Å². The summed E-state index contributed by atoms with van der Waals surface area (Å²) in [4.78, 5) is 45.7. The van der Waals surface area contributed by atoms with Crippen molar-refractivity contribution in [2.24, 2.45) is 0 Å². The van der Waals surface area contributed by atoms with Gasteiger partial charge in [-0.05, 0) is 59.1 Å². The van der Waals surface area contributed by atoms with Crippen molar-refractivity contribution in [3.63, 3.8) is 0 Å². The second kappa shape index (κ2) is 8.68. The Labute approximate surface area is 187 Å². The number of ketones is 2. The van der Waals surface area contributed by atoms with E-state index in [1.165, 1.54) is 13.8 Å². The highest BCUT2D eigenvalue weighted by Crippen LogP contribution is 2.26. The largest absolute Gasteiger partial charge is 0.451 e. The summed E-state index contributed by atoms with van der Waals surface area (Å²) in [5.74, 6) is -1.03. The molecule has 8 heteroatoms. The highest BCUT2D eigenvalue weighted by Gasteiger charge is 2.28. The van der Waals surface area contributed by atoms with Crippen molar-refractivity contribution in [3.05, 3.63) is 46.0 Å². The summed E-state index contributed by atoms with van der Waals surface area (Å²) in [6.45, 7) is 14.4.